The van der Waals surface area contributed by atoms with E-state index in [1.54, 1.807) is 0 Å². The second kappa shape index (κ2) is 10.6. The summed E-state index contributed by atoms with van der Waals surface area (Å²) in [5.74, 6) is 1.35. The first-order valence-corrected chi connectivity index (χ1v) is 11.8. The van der Waals surface area contributed by atoms with E-state index in [2.05, 4.69) is 15.5 Å². The van der Waals surface area contributed by atoms with Crippen LogP contribution in [0.15, 0.2) is 78.0 Å². The lowest BCUT2D eigenvalue weighted by atomic mass is 10.1. The summed E-state index contributed by atoms with van der Waals surface area (Å²) >= 11 is 7.41. The van der Waals surface area contributed by atoms with E-state index < -0.39 is 0 Å². The molecule has 33 heavy (non-hydrogen) atoms. The number of rotatable bonds is 8. The third kappa shape index (κ3) is 5.56. The summed E-state index contributed by atoms with van der Waals surface area (Å²) in [6.07, 6.45) is 0. The molecule has 0 aliphatic carbocycles. The molecule has 0 saturated heterocycles. The highest BCUT2D eigenvalue weighted by Gasteiger charge is 2.18. The van der Waals surface area contributed by atoms with E-state index in [1.807, 2.05) is 91.2 Å². The van der Waals surface area contributed by atoms with Crippen molar-refractivity contribution in [2.75, 3.05) is 17.7 Å². The maximum absolute atomic E-state index is 12.7. The Morgan fingerprint density at radius 3 is 2.48 bits per heavy atom. The van der Waals surface area contributed by atoms with Gasteiger partial charge < -0.3 is 10.1 Å². The summed E-state index contributed by atoms with van der Waals surface area (Å²) in [5, 5.41) is 13.0. The number of carbonyl (C=O) groups is 1. The Hall–Kier alpha value is -3.29. The molecule has 0 aliphatic heterocycles. The van der Waals surface area contributed by atoms with Crippen LogP contribution < -0.4 is 10.1 Å². The molecule has 1 N–H and O–H groups in total. The van der Waals surface area contributed by atoms with Gasteiger partial charge in [-0.15, -0.1) is 10.2 Å². The molecule has 4 rings (SSSR count). The predicted molar refractivity (Wildman–Crippen MR) is 134 cm³/mol. The van der Waals surface area contributed by atoms with Gasteiger partial charge in [0.15, 0.2) is 11.0 Å². The van der Waals surface area contributed by atoms with E-state index >= 15 is 0 Å². The lowest BCUT2D eigenvalue weighted by Crippen LogP contribution is -2.15. The number of ether oxygens (including phenoxy) is 1. The molecule has 0 saturated carbocycles. The van der Waals surface area contributed by atoms with E-state index in [9.17, 15) is 4.79 Å². The summed E-state index contributed by atoms with van der Waals surface area (Å²) in [6, 6.07) is 22.9. The fourth-order valence-electron chi connectivity index (χ4n) is 3.24. The van der Waals surface area contributed by atoms with Crippen molar-refractivity contribution in [2.45, 2.75) is 19.0 Å². The number of thioether (sulfide) groups is 1. The van der Waals surface area contributed by atoms with E-state index in [0.29, 0.717) is 34.0 Å². The van der Waals surface area contributed by atoms with Gasteiger partial charge in [0.1, 0.15) is 5.75 Å². The van der Waals surface area contributed by atoms with Crippen molar-refractivity contribution < 1.29 is 9.53 Å². The number of hydrogen-bond acceptors (Lipinski definition) is 5. The number of amides is 1. The molecule has 8 heteroatoms. The van der Waals surface area contributed by atoms with Crippen molar-refractivity contribution in [1.82, 2.24) is 14.8 Å². The highest BCUT2D eigenvalue weighted by Crippen LogP contribution is 2.29. The van der Waals surface area contributed by atoms with Crippen molar-refractivity contribution in [3.63, 3.8) is 0 Å². The lowest BCUT2D eigenvalue weighted by molar-refractivity contribution is -0.113. The van der Waals surface area contributed by atoms with Crippen LogP contribution in [0.3, 0.4) is 0 Å². The van der Waals surface area contributed by atoms with Crippen LogP contribution in [0.2, 0.25) is 5.02 Å². The molecule has 0 spiro atoms. The van der Waals surface area contributed by atoms with Crippen LogP contribution in [0.4, 0.5) is 5.69 Å². The Kier molecular flexibility index (Phi) is 7.32. The van der Waals surface area contributed by atoms with E-state index in [-0.39, 0.29) is 11.7 Å². The number of benzene rings is 3. The molecule has 0 radical (unpaired) electrons. The van der Waals surface area contributed by atoms with Crippen LogP contribution in [0.1, 0.15) is 12.5 Å². The quantitative estimate of drug-likeness (QED) is 0.313. The summed E-state index contributed by atoms with van der Waals surface area (Å²) in [5.41, 5.74) is 3.61. The minimum Gasteiger partial charge on any atom is -0.492 e. The number of hydrogen-bond donors (Lipinski definition) is 1. The number of nitrogens with zero attached hydrogens (tertiary/aromatic N) is 3. The van der Waals surface area contributed by atoms with Crippen LogP contribution >= 0.6 is 23.4 Å². The zero-order chi connectivity index (χ0) is 23.2. The molecular formula is C25H23ClN4O2S. The molecule has 0 fully saturated rings. The van der Waals surface area contributed by atoms with Crippen molar-refractivity contribution in [3.8, 4) is 22.8 Å². The van der Waals surface area contributed by atoms with Gasteiger partial charge in [0.25, 0.3) is 0 Å². The first kappa shape index (κ1) is 22.9. The highest BCUT2D eigenvalue weighted by atomic mass is 35.5. The molecule has 0 atom stereocenters. The standard InChI is InChI=1S/C25H23ClN4O2S/c1-3-32-22-7-5-4-6-21(22)27-23(31)16-33-25-29-28-24(18-10-8-17(2)9-11-18)30(25)20-14-12-19(26)13-15-20/h4-15H,3,16H2,1-2H3,(H,27,31). The number of para-hydroxylation sites is 2. The second-order valence-corrected chi connectivity index (χ2v) is 8.63. The molecule has 0 unspecified atom stereocenters. The van der Waals surface area contributed by atoms with Gasteiger partial charge in [-0.2, -0.15) is 0 Å². The Morgan fingerprint density at radius 1 is 1.03 bits per heavy atom. The van der Waals surface area contributed by atoms with E-state index in [0.717, 1.165) is 16.8 Å². The summed E-state index contributed by atoms with van der Waals surface area (Å²) in [4.78, 5) is 12.7. The van der Waals surface area contributed by atoms with Crippen LogP contribution in [0.5, 0.6) is 5.75 Å². The molecule has 168 valence electrons. The first-order chi connectivity index (χ1) is 16.0. The Morgan fingerprint density at radius 2 is 1.76 bits per heavy atom. The van der Waals surface area contributed by atoms with Crippen molar-refractivity contribution >= 4 is 35.0 Å². The van der Waals surface area contributed by atoms with Gasteiger partial charge >= 0.3 is 0 Å². The topological polar surface area (TPSA) is 69.0 Å². The fourth-order valence-corrected chi connectivity index (χ4v) is 4.12. The van der Waals surface area contributed by atoms with Crippen molar-refractivity contribution in [1.29, 1.82) is 0 Å². The van der Waals surface area contributed by atoms with Gasteiger partial charge in [-0.25, -0.2) is 0 Å². The predicted octanol–water partition coefficient (Wildman–Crippen LogP) is 6.03. The molecule has 1 amide bonds. The fraction of sp³-hybridized carbons (Fsp3) is 0.160. The molecule has 4 aromatic rings. The number of anilines is 1. The summed E-state index contributed by atoms with van der Waals surface area (Å²) < 4.78 is 7.53. The summed E-state index contributed by atoms with van der Waals surface area (Å²) in [6.45, 7) is 4.47. The van der Waals surface area contributed by atoms with Crippen LogP contribution in [-0.4, -0.2) is 33.0 Å². The van der Waals surface area contributed by atoms with Gasteiger partial charge in [-0.1, -0.05) is 65.3 Å². The minimum absolute atomic E-state index is 0.158. The Bertz CT molecular complexity index is 1240. The van der Waals surface area contributed by atoms with Gasteiger partial charge in [0.05, 0.1) is 18.0 Å². The van der Waals surface area contributed by atoms with E-state index in [1.165, 1.54) is 11.8 Å². The third-order valence-corrected chi connectivity index (χ3v) is 6.00. The van der Waals surface area contributed by atoms with Gasteiger partial charge in [-0.05, 0) is 50.2 Å². The monoisotopic (exact) mass is 478 g/mol. The van der Waals surface area contributed by atoms with Gasteiger partial charge in [0.2, 0.25) is 5.91 Å². The van der Waals surface area contributed by atoms with Crippen LogP contribution in [0.25, 0.3) is 17.1 Å². The minimum atomic E-state index is -0.158. The molecule has 1 aromatic heterocycles. The number of aryl methyl sites for hydroxylation is 1. The normalized spacial score (nSPS) is 10.8. The van der Waals surface area contributed by atoms with E-state index in [4.69, 9.17) is 16.3 Å². The zero-order valence-corrected chi connectivity index (χ0v) is 19.9. The maximum Gasteiger partial charge on any atom is 0.234 e. The molecule has 0 aliphatic rings. The zero-order valence-electron chi connectivity index (χ0n) is 18.3. The largest absolute Gasteiger partial charge is 0.492 e. The summed E-state index contributed by atoms with van der Waals surface area (Å²) in [7, 11) is 0. The van der Waals surface area contributed by atoms with Gasteiger partial charge in [0, 0.05) is 16.3 Å². The van der Waals surface area contributed by atoms with Crippen LogP contribution in [-0.2, 0) is 4.79 Å². The lowest BCUT2D eigenvalue weighted by Gasteiger charge is -2.12. The molecule has 1 heterocycles. The molecular weight excluding hydrogens is 456 g/mol. The molecule has 3 aromatic carbocycles. The number of carbonyl (C=O) groups excluding carboxylic acids is 1. The Balaban J connectivity index is 1.58. The molecule has 6 nitrogen and oxygen atoms in total. The first-order valence-electron chi connectivity index (χ1n) is 10.5. The molecule has 0 bridgehead atoms. The smallest absolute Gasteiger partial charge is 0.234 e. The number of nitrogens with one attached hydrogen (secondary N) is 1. The highest BCUT2D eigenvalue weighted by molar-refractivity contribution is 7.99. The SMILES string of the molecule is CCOc1ccccc1NC(=O)CSc1nnc(-c2ccc(C)cc2)n1-c1ccc(Cl)cc1. The maximum atomic E-state index is 12.7. The third-order valence-electron chi connectivity index (χ3n) is 4.82. The Labute approximate surface area is 202 Å². The number of aromatic nitrogens is 3. The van der Waals surface area contributed by atoms with Crippen molar-refractivity contribution in [2.24, 2.45) is 0 Å². The van der Waals surface area contributed by atoms with Gasteiger partial charge in [-0.3, -0.25) is 9.36 Å². The van der Waals surface area contributed by atoms with Crippen LogP contribution in [0, 0.1) is 6.92 Å². The number of halogens is 1. The average Bonchev–Trinajstić information content (AvgIpc) is 3.24. The average molecular weight is 479 g/mol. The second-order valence-electron chi connectivity index (χ2n) is 7.25. The van der Waals surface area contributed by atoms with Crippen molar-refractivity contribution in [3.05, 3.63) is 83.4 Å².